The molecule has 2 aromatic heterocycles. The van der Waals surface area contributed by atoms with Crippen LogP contribution in [0.3, 0.4) is 0 Å². The van der Waals surface area contributed by atoms with Gasteiger partial charge >= 0.3 is 0 Å². The Morgan fingerprint density at radius 3 is 2.88 bits per heavy atom. The highest BCUT2D eigenvalue weighted by molar-refractivity contribution is 7.09. The van der Waals surface area contributed by atoms with E-state index in [1.807, 2.05) is 12.3 Å². The number of aryl methyl sites for hydroxylation is 1. The van der Waals surface area contributed by atoms with Gasteiger partial charge in [0.25, 0.3) is 0 Å². The van der Waals surface area contributed by atoms with Crippen LogP contribution in [0.15, 0.2) is 17.6 Å². The third kappa shape index (κ3) is 3.20. The summed E-state index contributed by atoms with van der Waals surface area (Å²) in [6, 6.07) is 0.808. The van der Waals surface area contributed by atoms with Crippen molar-refractivity contribution in [3.8, 4) is 0 Å². The first-order chi connectivity index (χ1) is 8.15. The van der Waals surface area contributed by atoms with Gasteiger partial charge in [0, 0.05) is 24.4 Å². The molecule has 0 aliphatic rings. The van der Waals surface area contributed by atoms with Crippen LogP contribution in [0.1, 0.15) is 10.7 Å². The Hall–Kier alpha value is -1.56. The van der Waals surface area contributed by atoms with Gasteiger partial charge in [-0.05, 0) is 6.92 Å². The molecule has 0 aliphatic heterocycles. The summed E-state index contributed by atoms with van der Waals surface area (Å²) in [4.78, 5) is 7.92. The fourth-order valence-electron chi connectivity index (χ4n) is 1.38. The van der Waals surface area contributed by atoms with Crippen molar-refractivity contribution in [3.05, 3.63) is 40.0 Å². The van der Waals surface area contributed by atoms with Gasteiger partial charge in [-0.2, -0.15) is 0 Å². The van der Waals surface area contributed by atoms with Crippen molar-refractivity contribution >= 4 is 17.2 Å². The molecule has 2 heterocycles. The first-order valence-electron chi connectivity index (χ1n) is 5.11. The molecule has 0 unspecified atom stereocenters. The molecule has 0 bridgehead atoms. The second-order valence-electron chi connectivity index (χ2n) is 3.52. The molecule has 1 N–H and O–H groups in total. The Morgan fingerprint density at radius 1 is 1.41 bits per heavy atom. The fourth-order valence-corrected chi connectivity index (χ4v) is 2.02. The number of halogens is 2. The molecular formula is C11H11F2N3S. The Kier molecular flexibility index (Phi) is 3.63. The van der Waals surface area contributed by atoms with Gasteiger partial charge in [-0.25, -0.2) is 18.7 Å². The summed E-state index contributed by atoms with van der Waals surface area (Å²) >= 11 is 1.58. The summed E-state index contributed by atoms with van der Waals surface area (Å²) in [5, 5.41) is 5.78. The SMILES string of the molecule is Cc1nc(CCNc2ncc(F)cc2F)cs1. The zero-order valence-corrected chi connectivity index (χ0v) is 10.0. The van der Waals surface area contributed by atoms with E-state index < -0.39 is 11.6 Å². The Balaban J connectivity index is 1.90. The van der Waals surface area contributed by atoms with Crippen LogP contribution in [0.2, 0.25) is 0 Å². The lowest BCUT2D eigenvalue weighted by atomic mass is 10.3. The Bertz CT molecular complexity index is 513. The van der Waals surface area contributed by atoms with Crippen molar-refractivity contribution < 1.29 is 8.78 Å². The smallest absolute Gasteiger partial charge is 0.168 e. The fraction of sp³-hybridized carbons (Fsp3) is 0.273. The summed E-state index contributed by atoms with van der Waals surface area (Å²) in [6.07, 6.45) is 1.67. The molecule has 3 nitrogen and oxygen atoms in total. The van der Waals surface area contributed by atoms with Crippen molar-refractivity contribution in [3.63, 3.8) is 0 Å². The summed E-state index contributed by atoms with van der Waals surface area (Å²) in [6.45, 7) is 2.45. The summed E-state index contributed by atoms with van der Waals surface area (Å²) in [5.41, 5.74) is 0.961. The van der Waals surface area contributed by atoms with Crippen molar-refractivity contribution in [2.45, 2.75) is 13.3 Å². The van der Waals surface area contributed by atoms with E-state index in [-0.39, 0.29) is 5.82 Å². The molecule has 0 radical (unpaired) electrons. The quantitative estimate of drug-likeness (QED) is 0.912. The molecule has 0 saturated carbocycles. The lowest BCUT2D eigenvalue weighted by molar-refractivity contribution is 0.575. The molecule has 0 aliphatic carbocycles. The topological polar surface area (TPSA) is 37.8 Å². The highest BCUT2D eigenvalue weighted by Gasteiger charge is 2.05. The number of nitrogens with one attached hydrogen (secondary N) is 1. The normalized spacial score (nSPS) is 10.5. The molecular weight excluding hydrogens is 244 g/mol. The molecule has 2 aromatic rings. The Labute approximate surface area is 102 Å². The van der Waals surface area contributed by atoms with Crippen LogP contribution in [0.4, 0.5) is 14.6 Å². The van der Waals surface area contributed by atoms with E-state index in [0.717, 1.165) is 23.0 Å². The van der Waals surface area contributed by atoms with Gasteiger partial charge in [0.05, 0.1) is 16.9 Å². The predicted molar refractivity (Wildman–Crippen MR) is 63.2 cm³/mol. The van der Waals surface area contributed by atoms with E-state index in [4.69, 9.17) is 0 Å². The van der Waals surface area contributed by atoms with Crippen LogP contribution in [0.5, 0.6) is 0 Å². The molecule has 0 amide bonds. The molecule has 6 heteroatoms. The maximum absolute atomic E-state index is 13.2. The molecule has 0 fully saturated rings. The standard InChI is InChI=1S/C11H11F2N3S/c1-7-16-9(6-17-7)2-3-14-11-10(13)4-8(12)5-15-11/h4-6H,2-3H2,1H3,(H,14,15). The second-order valence-corrected chi connectivity index (χ2v) is 4.58. The van der Waals surface area contributed by atoms with Crippen molar-refractivity contribution in [2.24, 2.45) is 0 Å². The maximum atomic E-state index is 13.2. The van der Waals surface area contributed by atoms with Gasteiger partial charge < -0.3 is 5.32 Å². The zero-order chi connectivity index (χ0) is 12.3. The van der Waals surface area contributed by atoms with Crippen LogP contribution in [-0.4, -0.2) is 16.5 Å². The molecule has 0 saturated heterocycles. The zero-order valence-electron chi connectivity index (χ0n) is 9.20. The highest BCUT2D eigenvalue weighted by Crippen LogP contribution is 2.12. The summed E-state index contributed by atoms with van der Waals surface area (Å²) in [7, 11) is 0. The number of anilines is 1. The third-order valence-corrected chi connectivity index (χ3v) is 2.97. The number of rotatable bonds is 4. The van der Waals surface area contributed by atoms with Gasteiger partial charge in [-0.3, -0.25) is 0 Å². The summed E-state index contributed by atoms with van der Waals surface area (Å²) in [5.74, 6) is -1.29. The van der Waals surface area contributed by atoms with Gasteiger partial charge in [0.2, 0.25) is 0 Å². The van der Waals surface area contributed by atoms with Crippen LogP contribution in [-0.2, 0) is 6.42 Å². The maximum Gasteiger partial charge on any atom is 0.168 e. The molecule has 0 spiro atoms. The number of hydrogen-bond donors (Lipinski definition) is 1. The number of pyridine rings is 1. The Morgan fingerprint density at radius 2 is 2.24 bits per heavy atom. The number of hydrogen-bond acceptors (Lipinski definition) is 4. The largest absolute Gasteiger partial charge is 0.367 e. The lowest BCUT2D eigenvalue weighted by Gasteiger charge is -2.04. The van der Waals surface area contributed by atoms with Gasteiger partial charge in [-0.15, -0.1) is 11.3 Å². The number of aromatic nitrogens is 2. The molecule has 0 atom stereocenters. The van der Waals surface area contributed by atoms with Crippen molar-refractivity contribution in [1.82, 2.24) is 9.97 Å². The van der Waals surface area contributed by atoms with E-state index in [2.05, 4.69) is 15.3 Å². The van der Waals surface area contributed by atoms with Crippen molar-refractivity contribution in [2.75, 3.05) is 11.9 Å². The number of nitrogens with zero attached hydrogens (tertiary/aromatic N) is 2. The average Bonchev–Trinajstić information content (AvgIpc) is 2.68. The highest BCUT2D eigenvalue weighted by atomic mass is 32.1. The van der Waals surface area contributed by atoms with E-state index in [0.29, 0.717) is 13.0 Å². The number of thiazole rings is 1. The van der Waals surface area contributed by atoms with Crippen LogP contribution in [0.25, 0.3) is 0 Å². The minimum atomic E-state index is -0.681. The van der Waals surface area contributed by atoms with Crippen molar-refractivity contribution in [1.29, 1.82) is 0 Å². The molecule has 17 heavy (non-hydrogen) atoms. The van der Waals surface area contributed by atoms with E-state index in [1.165, 1.54) is 0 Å². The lowest BCUT2D eigenvalue weighted by Crippen LogP contribution is -2.08. The van der Waals surface area contributed by atoms with Gasteiger partial charge in [-0.1, -0.05) is 0 Å². The van der Waals surface area contributed by atoms with E-state index in [9.17, 15) is 8.78 Å². The van der Waals surface area contributed by atoms with Crippen LogP contribution < -0.4 is 5.32 Å². The molecule has 2 rings (SSSR count). The minimum absolute atomic E-state index is 0.0679. The molecule has 90 valence electrons. The minimum Gasteiger partial charge on any atom is -0.367 e. The molecule has 0 aromatic carbocycles. The van der Waals surface area contributed by atoms with E-state index >= 15 is 0 Å². The average molecular weight is 255 g/mol. The van der Waals surface area contributed by atoms with Crippen LogP contribution >= 0.6 is 11.3 Å². The first-order valence-corrected chi connectivity index (χ1v) is 5.99. The van der Waals surface area contributed by atoms with Gasteiger partial charge in [0.15, 0.2) is 11.6 Å². The second kappa shape index (κ2) is 5.18. The summed E-state index contributed by atoms with van der Waals surface area (Å²) < 4.78 is 25.8. The van der Waals surface area contributed by atoms with Gasteiger partial charge in [0.1, 0.15) is 5.82 Å². The van der Waals surface area contributed by atoms with Crippen LogP contribution in [0, 0.1) is 18.6 Å². The van der Waals surface area contributed by atoms with E-state index in [1.54, 1.807) is 11.3 Å². The monoisotopic (exact) mass is 255 g/mol. The predicted octanol–water partition coefficient (Wildman–Crippen LogP) is 2.78. The third-order valence-electron chi connectivity index (χ3n) is 2.15. The first kappa shape index (κ1) is 11.9.